The van der Waals surface area contributed by atoms with Crippen LogP contribution in [0.4, 0.5) is 0 Å². The predicted molar refractivity (Wildman–Crippen MR) is 135 cm³/mol. The Hall–Kier alpha value is -0.300. The van der Waals surface area contributed by atoms with Gasteiger partial charge in [0.1, 0.15) is 0 Å². The van der Waals surface area contributed by atoms with E-state index in [1.807, 2.05) is 11.3 Å². The zero-order valence-corrected chi connectivity index (χ0v) is 20.9. The van der Waals surface area contributed by atoms with Gasteiger partial charge in [-0.1, -0.05) is 142 Å². The molecule has 0 nitrogen and oxygen atoms in total. The molecule has 0 fully saturated rings. The highest BCUT2D eigenvalue weighted by molar-refractivity contribution is 7.07. The molecule has 0 N–H and O–H groups in total. The fourth-order valence-corrected chi connectivity index (χ4v) is 5.26. The first-order valence-corrected chi connectivity index (χ1v) is 14.3. The van der Waals surface area contributed by atoms with E-state index in [1.54, 1.807) is 5.56 Å². The average Bonchev–Trinajstić information content (AvgIpc) is 3.24. The van der Waals surface area contributed by atoms with Gasteiger partial charge in [0.25, 0.3) is 0 Å². The van der Waals surface area contributed by atoms with Crippen molar-refractivity contribution in [1.82, 2.24) is 0 Å². The first kappa shape index (κ1) is 26.7. The summed E-state index contributed by atoms with van der Waals surface area (Å²) in [5.41, 5.74) is 1.59. The predicted octanol–water partition coefficient (Wildman–Crippen LogP) is 10.7. The molecule has 1 rings (SSSR count). The molecule has 0 spiro atoms. The molecule has 0 aliphatic carbocycles. The van der Waals surface area contributed by atoms with Crippen molar-refractivity contribution >= 4 is 11.3 Å². The Labute approximate surface area is 188 Å². The standard InChI is InChI=1S/C28H52S/c1-3-5-7-9-11-13-14-16-18-20-22-27(25-28-23-24-29-26-28)21-19-17-15-12-10-8-6-4-2/h23-24,26-27H,3-22,25H2,1-2H3/t27-/m1/s1. The van der Waals surface area contributed by atoms with Gasteiger partial charge in [0.15, 0.2) is 0 Å². The second kappa shape index (κ2) is 21.0. The summed E-state index contributed by atoms with van der Waals surface area (Å²) < 4.78 is 0. The molecule has 1 heteroatoms. The molecule has 29 heavy (non-hydrogen) atoms. The molecular formula is C28H52S. The molecule has 1 aromatic heterocycles. The van der Waals surface area contributed by atoms with Crippen molar-refractivity contribution in [3.8, 4) is 0 Å². The molecule has 1 aromatic rings. The first-order valence-electron chi connectivity index (χ1n) is 13.4. The van der Waals surface area contributed by atoms with E-state index in [1.165, 1.54) is 135 Å². The van der Waals surface area contributed by atoms with Crippen LogP contribution in [0.3, 0.4) is 0 Å². The molecule has 1 heterocycles. The number of rotatable bonds is 22. The summed E-state index contributed by atoms with van der Waals surface area (Å²) in [6.07, 6.45) is 30.4. The van der Waals surface area contributed by atoms with Gasteiger partial charge >= 0.3 is 0 Å². The molecule has 0 radical (unpaired) electrons. The van der Waals surface area contributed by atoms with Crippen molar-refractivity contribution < 1.29 is 0 Å². The van der Waals surface area contributed by atoms with Gasteiger partial charge in [-0.25, -0.2) is 0 Å². The molecule has 0 saturated carbocycles. The Balaban J connectivity index is 2.07. The van der Waals surface area contributed by atoms with E-state index >= 15 is 0 Å². The van der Waals surface area contributed by atoms with Crippen LogP contribution >= 0.6 is 11.3 Å². The molecule has 0 aliphatic rings. The maximum atomic E-state index is 2.37. The van der Waals surface area contributed by atoms with Gasteiger partial charge in [-0.15, -0.1) is 0 Å². The molecule has 170 valence electrons. The minimum atomic E-state index is 0.929. The van der Waals surface area contributed by atoms with Crippen LogP contribution in [0, 0.1) is 5.92 Å². The second-order valence-electron chi connectivity index (χ2n) is 9.44. The molecule has 1 atom stereocenters. The summed E-state index contributed by atoms with van der Waals surface area (Å²) >= 11 is 1.87. The van der Waals surface area contributed by atoms with Gasteiger partial charge in [0.2, 0.25) is 0 Å². The molecule has 0 amide bonds. The molecule has 0 bridgehead atoms. The molecule has 0 aliphatic heterocycles. The van der Waals surface area contributed by atoms with Crippen LogP contribution in [0.2, 0.25) is 0 Å². The maximum Gasteiger partial charge on any atom is -0.00612 e. The van der Waals surface area contributed by atoms with Gasteiger partial charge in [-0.2, -0.15) is 11.3 Å². The van der Waals surface area contributed by atoms with Crippen LogP contribution in [0.1, 0.15) is 148 Å². The van der Waals surface area contributed by atoms with Crippen LogP contribution in [-0.2, 0) is 6.42 Å². The Morgan fingerprint density at radius 3 is 1.38 bits per heavy atom. The zero-order valence-electron chi connectivity index (χ0n) is 20.1. The van der Waals surface area contributed by atoms with Crippen LogP contribution in [0.25, 0.3) is 0 Å². The quantitative estimate of drug-likeness (QED) is 0.164. The van der Waals surface area contributed by atoms with Crippen molar-refractivity contribution in [3.63, 3.8) is 0 Å². The van der Waals surface area contributed by atoms with Crippen molar-refractivity contribution in [2.45, 2.75) is 149 Å². The third-order valence-corrected chi connectivity index (χ3v) is 7.27. The van der Waals surface area contributed by atoms with Crippen LogP contribution in [-0.4, -0.2) is 0 Å². The Morgan fingerprint density at radius 2 is 1.00 bits per heavy atom. The minimum Gasteiger partial charge on any atom is -0.152 e. The molecule has 0 aromatic carbocycles. The van der Waals surface area contributed by atoms with E-state index < -0.39 is 0 Å². The summed E-state index contributed by atoms with van der Waals surface area (Å²) in [5.74, 6) is 0.929. The fourth-order valence-electron chi connectivity index (χ4n) is 4.58. The van der Waals surface area contributed by atoms with Crippen LogP contribution in [0.5, 0.6) is 0 Å². The molecule has 0 unspecified atom stereocenters. The van der Waals surface area contributed by atoms with Crippen molar-refractivity contribution in [2.24, 2.45) is 5.92 Å². The smallest absolute Gasteiger partial charge is 0.00612 e. The van der Waals surface area contributed by atoms with E-state index in [2.05, 4.69) is 30.7 Å². The van der Waals surface area contributed by atoms with E-state index in [-0.39, 0.29) is 0 Å². The van der Waals surface area contributed by atoms with Gasteiger partial charge in [-0.05, 0) is 34.7 Å². The highest BCUT2D eigenvalue weighted by Gasteiger charge is 2.10. The molecular weight excluding hydrogens is 368 g/mol. The number of thiophene rings is 1. The number of hydrogen-bond donors (Lipinski definition) is 0. The van der Waals surface area contributed by atoms with Crippen molar-refractivity contribution in [3.05, 3.63) is 22.4 Å². The second-order valence-corrected chi connectivity index (χ2v) is 10.2. The van der Waals surface area contributed by atoms with Gasteiger partial charge < -0.3 is 0 Å². The topological polar surface area (TPSA) is 0 Å². The fraction of sp³-hybridized carbons (Fsp3) is 0.857. The van der Waals surface area contributed by atoms with E-state index in [9.17, 15) is 0 Å². The lowest BCUT2D eigenvalue weighted by Gasteiger charge is -2.16. The SMILES string of the molecule is CCCCCCCCCCCC[C@@H](CCCCCCCCCC)Cc1ccsc1. The summed E-state index contributed by atoms with van der Waals surface area (Å²) in [7, 11) is 0. The third kappa shape index (κ3) is 17.1. The van der Waals surface area contributed by atoms with Crippen molar-refractivity contribution in [1.29, 1.82) is 0 Å². The zero-order chi connectivity index (χ0) is 20.8. The highest BCUT2D eigenvalue weighted by atomic mass is 32.1. The number of hydrogen-bond acceptors (Lipinski definition) is 1. The van der Waals surface area contributed by atoms with E-state index in [4.69, 9.17) is 0 Å². The maximum absolute atomic E-state index is 2.37. The van der Waals surface area contributed by atoms with Crippen LogP contribution < -0.4 is 0 Å². The lowest BCUT2D eigenvalue weighted by Crippen LogP contribution is -2.05. The van der Waals surface area contributed by atoms with Crippen LogP contribution in [0.15, 0.2) is 16.8 Å². The van der Waals surface area contributed by atoms with Crippen molar-refractivity contribution in [2.75, 3.05) is 0 Å². The normalized spacial score (nSPS) is 12.5. The summed E-state index contributed by atoms with van der Waals surface area (Å²) in [6.45, 7) is 4.61. The summed E-state index contributed by atoms with van der Waals surface area (Å²) in [4.78, 5) is 0. The first-order chi connectivity index (χ1) is 14.4. The van der Waals surface area contributed by atoms with E-state index in [0.29, 0.717) is 0 Å². The monoisotopic (exact) mass is 420 g/mol. The lowest BCUT2D eigenvalue weighted by molar-refractivity contribution is 0.400. The lowest BCUT2D eigenvalue weighted by atomic mass is 9.89. The summed E-state index contributed by atoms with van der Waals surface area (Å²) in [5, 5.41) is 4.63. The molecule has 0 saturated heterocycles. The summed E-state index contributed by atoms with van der Waals surface area (Å²) in [6, 6.07) is 2.35. The Morgan fingerprint density at radius 1 is 0.586 bits per heavy atom. The van der Waals surface area contributed by atoms with Gasteiger partial charge in [0.05, 0.1) is 0 Å². The highest BCUT2D eigenvalue weighted by Crippen LogP contribution is 2.24. The largest absolute Gasteiger partial charge is 0.152 e. The van der Waals surface area contributed by atoms with Gasteiger partial charge in [0, 0.05) is 0 Å². The Kier molecular flexibility index (Phi) is 19.3. The number of unbranched alkanes of at least 4 members (excludes halogenated alkanes) is 16. The van der Waals surface area contributed by atoms with Gasteiger partial charge in [-0.3, -0.25) is 0 Å². The third-order valence-electron chi connectivity index (χ3n) is 6.54. The average molecular weight is 421 g/mol. The minimum absolute atomic E-state index is 0.929. The Bertz CT molecular complexity index is 408. The van der Waals surface area contributed by atoms with E-state index in [0.717, 1.165) is 5.92 Å².